The molecule has 8 nitrogen and oxygen atoms in total. The summed E-state index contributed by atoms with van der Waals surface area (Å²) in [7, 11) is 0. The van der Waals surface area contributed by atoms with Crippen LogP contribution in [0.2, 0.25) is 5.02 Å². The minimum Gasteiger partial charge on any atom is -0.376 e. The predicted molar refractivity (Wildman–Crippen MR) is 121 cm³/mol. The lowest BCUT2D eigenvalue weighted by Gasteiger charge is -2.34. The Bertz CT molecular complexity index is 910. The Morgan fingerprint density at radius 2 is 2.03 bits per heavy atom. The van der Waals surface area contributed by atoms with E-state index in [-0.39, 0.29) is 17.9 Å². The number of ether oxygens (including phenoxy) is 1. The van der Waals surface area contributed by atoms with Crippen molar-refractivity contribution in [3.8, 4) is 0 Å². The van der Waals surface area contributed by atoms with Gasteiger partial charge in [0.15, 0.2) is 5.13 Å². The third-order valence-electron chi connectivity index (χ3n) is 5.42. The number of rotatable bonds is 7. The van der Waals surface area contributed by atoms with E-state index in [1.165, 1.54) is 11.3 Å². The normalized spacial score (nSPS) is 19.4. The van der Waals surface area contributed by atoms with Crippen molar-refractivity contribution in [2.75, 3.05) is 51.2 Å². The summed E-state index contributed by atoms with van der Waals surface area (Å²) in [6, 6.07) is 7.40. The van der Waals surface area contributed by atoms with Crippen molar-refractivity contribution in [3.05, 3.63) is 40.4 Å². The van der Waals surface area contributed by atoms with Gasteiger partial charge in [-0.3, -0.25) is 14.5 Å². The summed E-state index contributed by atoms with van der Waals surface area (Å²) in [5, 5.41) is 9.08. The SMILES string of the molecule is O=C(CN1CCN(C(=O)c2csc(Nc3ccccc3Cl)n2)CC1)NCC1CCCO1. The summed E-state index contributed by atoms with van der Waals surface area (Å²) in [5.41, 5.74) is 1.17. The molecule has 2 aliphatic rings. The first-order valence-corrected chi connectivity index (χ1v) is 11.7. The van der Waals surface area contributed by atoms with Crippen LogP contribution in [0.15, 0.2) is 29.6 Å². The van der Waals surface area contributed by atoms with Crippen molar-refractivity contribution >= 4 is 45.6 Å². The average Bonchev–Trinajstić information content (AvgIpc) is 3.46. The minimum absolute atomic E-state index is 0.00469. The van der Waals surface area contributed by atoms with E-state index in [0.29, 0.717) is 55.1 Å². The molecular weight excluding hydrogens is 438 g/mol. The van der Waals surface area contributed by atoms with E-state index in [4.69, 9.17) is 16.3 Å². The maximum atomic E-state index is 12.8. The predicted octanol–water partition coefficient (Wildman–Crippen LogP) is 2.59. The van der Waals surface area contributed by atoms with Crippen LogP contribution in [0.25, 0.3) is 0 Å². The number of amides is 2. The maximum Gasteiger partial charge on any atom is 0.273 e. The number of nitrogens with zero attached hydrogens (tertiary/aromatic N) is 3. The van der Waals surface area contributed by atoms with Gasteiger partial charge in [-0.25, -0.2) is 4.98 Å². The van der Waals surface area contributed by atoms with Crippen molar-refractivity contribution in [1.29, 1.82) is 0 Å². The van der Waals surface area contributed by atoms with Crippen LogP contribution < -0.4 is 10.6 Å². The van der Waals surface area contributed by atoms with Gasteiger partial charge in [-0.2, -0.15) is 0 Å². The lowest BCUT2D eigenvalue weighted by atomic mass is 10.2. The number of thiazole rings is 1. The summed E-state index contributed by atoms with van der Waals surface area (Å²) in [5.74, 6) is -0.0870. The topological polar surface area (TPSA) is 86.8 Å². The smallest absolute Gasteiger partial charge is 0.273 e. The summed E-state index contributed by atoms with van der Waals surface area (Å²) in [6.07, 6.45) is 2.22. The number of hydrogen-bond donors (Lipinski definition) is 2. The number of carbonyl (C=O) groups is 2. The highest BCUT2D eigenvalue weighted by Gasteiger charge is 2.25. The van der Waals surface area contributed by atoms with Gasteiger partial charge in [-0.1, -0.05) is 23.7 Å². The van der Waals surface area contributed by atoms with Crippen LogP contribution in [-0.2, 0) is 9.53 Å². The van der Waals surface area contributed by atoms with E-state index >= 15 is 0 Å². The van der Waals surface area contributed by atoms with E-state index in [1.807, 2.05) is 18.2 Å². The number of carbonyl (C=O) groups excluding carboxylic acids is 2. The molecule has 0 aliphatic carbocycles. The molecular formula is C21H26ClN5O3S. The van der Waals surface area contributed by atoms with Crippen molar-refractivity contribution < 1.29 is 14.3 Å². The fourth-order valence-electron chi connectivity index (χ4n) is 3.67. The zero-order valence-electron chi connectivity index (χ0n) is 17.2. The number of anilines is 2. The first kappa shape index (κ1) is 22.0. The maximum absolute atomic E-state index is 12.8. The largest absolute Gasteiger partial charge is 0.376 e. The van der Waals surface area contributed by atoms with Gasteiger partial charge < -0.3 is 20.3 Å². The Hall–Kier alpha value is -2.20. The van der Waals surface area contributed by atoms with Crippen LogP contribution in [0.1, 0.15) is 23.3 Å². The minimum atomic E-state index is -0.0917. The molecule has 2 saturated heterocycles. The van der Waals surface area contributed by atoms with Gasteiger partial charge in [0, 0.05) is 44.7 Å². The van der Waals surface area contributed by atoms with E-state index < -0.39 is 0 Å². The number of benzene rings is 1. The zero-order chi connectivity index (χ0) is 21.6. The second-order valence-corrected chi connectivity index (χ2v) is 8.92. The Labute approximate surface area is 190 Å². The number of halogens is 1. The average molecular weight is 464 g/mol. The molecule has 2 fully saturated rings. The molecule has 1 unspecified atom stereocenters. The molecule has 0 radical (unpaired) electrons. The molecule has 4 rings (SSSR count). The third kappa shape index (κ3) is 5.94. The molecule has 0 spiro atoms. The molecule has 3 heterocycles. The van der Waals surface area contributed by atoms with Crippen LogP contribution in [0, 0.1) is 0 Å². The van der Waals surface area contributed by atoms with Crippen LogP contribution in [0.5, 0.6) is 0 Å². The molecule has 2 aliphatic heterocycles. The number of nitrogens with one attached hydrogen (secondary N) is 2. The quantitative estimate of drug-likeness (QED) is 0.656. The van der Waals surface area contributed by atoms with Crippen molar-refractivity contribution in [2.24, 2.45) is 0 Å². The van der Waals surface area contributed by atoms with Crippen LogP contribution in [0.3, 0.4) is 0 Å². The summed E-state index contributed by atoms with van der Waals surface area (Å²) in [4.78, 5) is 33.3. The van der Waals surface area contributed by atoms with E-state index in [9.17, 15) is 9.59 Å². The fraction of sp³-hybridized carbons (Fsp3) is 0.476. The molecule has 31 heavy (non-hydrogen) atoms. The number of hydrogen-bond acceptors (Lipinski definition) is 7. The van der Waals surface area contributed by atoms with Crippen molar-refractivity contribution in [2.45, 2.75) is 18.9 Å². The standard InChI is InChI=1S/C21H26ClN5O3S/c22-16-5-1-2-6-17(16)24-21-25-18(14-31-21)20(29)27-9-7-26(8-10-27)13-19(28)23-12-15-4-3-11-30-15/h1-2,5-6,14-15H,3-4,7-13H2,(H,23,28)(H,24,25). The highest BCUT2D eigenvalue weighted by molar-refractivity contribution is 7.14. The molecule has 166 valence electrons. The van der Waals surface area contributed by atoms with Gasteiger partial charge in [0.25, 0.3) is 5.91 Å². The van der Waals surface area contributed by atoms with Crippen molar-refractivity contribution in [3.63, 3.8) is 0 Å². The fourth-order valence-corrected chi connectivity index (χ4v) is 4.55. The summed E-state index contributed by atoms with van der Waals surface area (Å²) >= 11 is 7.54. The van der Waals surface area contributed by atoms with Crippen LogP contribution >= 0.6 is 22.9 Å². The summed E-state index contributed by atoms with van der Waals surface area (Å²) in [6.45, 7) is 4.17. The highest BCUT2D eigenvalue weighted by atomic mass is 35.5. The third-order valence-corrected chi connectivity index (χ3v) is 6.50. The Morgan fingerprint density at radius 3 is 2.77 bits per heavy atom. The first-order valence-electron chi connectivity index (χ1n) is 10.5. The lowest BCUT2D eigenvalue weighted by molar-refractivity contribution is -0.123. The van der Waals surface area contributed by atoms with E-state index in [2.05, 4.69) is 20.5 Å². The summed E-state index contributed by atoms with van der Waals surface area (Å²) < 4.78 is 5.53. The van der Waals surface area contributed by atoms with E-state index in [1.54, 1.807) is 16.3 Å². The molecule has 2 N–H and O–H groups in total. The highest BCUT2D eigenvalue weighted by Crippen LogP contribution is 2.27. The molecule has 1 aromatic heterocycles. The Morgan fingerprint density at radius 1 is 1.23 bits per heavy atom. The molecule has 1 atom stereocenters. The second-order valence-electron chi connectivity index (χ2n) is 7.65. The van der Waals surface area contributed by atoms with Gasteiger partial charge in [-0.05, 0) is 25.0 Å². The van der Waals surface area contributed by atoms with Gasteiger partial charge >= 0.3 is 0 Å². The molecule has 2 amide bonds. The van der Waals surface area contributed by atoms with Crippen LogP contribution in [0.4, 0.5) is 10.8 Å². The molecule has 2 aromatic rings. The monoisotopic (exact) mass is 463 g/mol. The van der Waals surface area contributed by atoms with Gasteiger partial charge in [0.05, 0.1) is 23.4 Å². The van der Waals surface area contributed by atoms with Gasteiger partial charge in [0.2, 0.25) is 5.91 Å². The van der Waals surface area contributed by atoms with E-state index in [0.717, 1.165) is 25.1 Å². The van der Waals surface area contributed by atoms with Crippen molar-refractivity contribution in [1.82, 2.24) is 20.1 Å². The Balaban J connectivity index is 1.22. The van der Waals surface area contributed by atoms with Gasteiger partial charge in [0.1, 0.15) is 5.69 Å². The number of aromatic nitrogens is 1. The lowest BCUT2D eigenvalue weighted by Crippen LogP contribution is -2.51. The van der Waals surface area contributed by atoms with Crippen LogP contribution in [-0.4, -0.2) is 78.6 Å². The number of para-hydroxylation sites is 1. The molecule has 1 aromatic carbocycles. The first-order chi connectivity index (χ1) is 15.1. The molecule has 0 saturated carbocycles. The Kier molecular flexibility index (Phi) is 7.39. The molecule has 10 heteroatoms. The molecule has 0 bridgehead atoms. The number of piperazine rings is 1. The zero-order valence-corrected chi connectivity index (χ0v) is 18.8. The van der Waals surface area contributed by atoms with Gasteiger partial charge in [-0.15, -0.1) is 11.3 Å². The second kappa shape index (κ2) is 10.4.